The smallest absolute Gasteiger partial charge is 0.115 e. The fourth-order valence-electron chi connectivity index (χ4n) is 1.15. The van der Waals surface area contributed by atoms with Crippen molar-refractivity contribution in [3.8, 4) is 6.07 Å². The second-order valence-electron chi connectivity index (χ2n) is 3.09. The standard InChI is InChI=1S/C7H13N3O/c1-10(4-6(9)11)7(5-8)2-3-7/h6,11H,2-4,9H2,1H3. The van der Waals surface area contributed by atoms with E-state index in [9.17, 15) is 0 Å². The van der Waals surface area contributed by atoms with Crippen LogP contribution in [0, 0.1) is 11.3 Å². The van der Waals surface area contributed by atoms with Gasteiger partial charge in [0.1, 0.15) is 11.8 Å². The molecule has 0 aromatic heterocycles. The maximum Gasteiger partial charge on any atom is 0.115 e. The number of hydrogen-bond acceptors (Lipinski definition) is 4. The summed E-state index contributed by atoms with van der Waals surface area (Å²) in [6, 6.07) is 2.22. The van der Waals surface area contributed by atoms with E-state index in [1.807, 2.05) is 11.9 Å². The van der Waals surface area contributed by atoms with Gasteiger partial charge in [-0.2, -0.15) is 5.26 Å². The van der Waals surface area contributed by atoms with Gasteiger partial charge in [-0.15, -0.1) is 0 Å². The van der Waals surface area contributed by atoms with Crippen LogP contribution in [0.5, 0.6) is 0 Å². The summed E-state index contributed by atoms with van der Waals surface area (Å²) in [5.41, 5.74) is 4.86. The van der Waals surface area contributed by atoms with E-state index in [0.717, 1.165) is 12.8 Å². The summed E-state index contributed by atoms with van der Waals surface area (Å²) in [5.74, 6) is 0. The molecule has 4 heteroatoms. The average Bonchev–Trinajstić information content (AvgIpc) is 2.65. The molecule has 1 atom stereocenters. The van der Waals surface area contributed by atoms with E-state index in [1.165, 1.54) is 0 Å². The molecule has 0 saturated heterocycles. The molecular weight excluding hydrogens is 142 g/mol. The molecule has 11 heavy (non-hydrogen) atoms. The first-order valence-electron chi connectivity index (χ1n) is 3.67. The van der Waals surface area contributed by atoms with Gasteiger partial charge in [0.2, 0.25) is 0 Å². The van der Waals surface area contributed by atoms with Crippen molar-refractivity contribution >= 4 is 0 Å². The summed E-state index contributed by atoms with van der Waals surface area (Å²) in [4.78, 5) is 1.82. The average molecular weight is 155 g/mol. The van der Waals surface area contributed by atoms with Crippen molar-refractivity contribution in [2.24, 2.45) is 5.73 Å². The number of nitrogens with zero attached hydrogens (tertiary/aromatic N) is 2. The normalized spacial score (nSPS) is 22.8. The highest BCUT2D eigenvalue weighted by Gasteiger charge is 2.47. The van der Waals surface area contributed by atoms with Gasteiger partial charge in [0.25, 0.3) is 0 Å². The summed E-state index contributed by atoms with van der Waals surface area (Å²) in [6.07, 6.45) is 0.949. The predicted octanol–water partition coefficient (Wildman–Crippen LogP) is -0.749. The Morgan fingerprint density at radius 2 is 2.36 bits per heavy atom. The van der Waals surface area contributed by atoms with Crippen LogP contribution in [0.1, 0.15) is 12.8 Å². The second-order valence-corrected chi connectivity index (χ2v) is 3.09. The molecule has 62 valence electrons. The Morgan fingerprint density at radius 3 is 2.64 bits per heavy atom. The van der Waals surface area contributed by atoms with Crippen molar-refractivity contribution < 1.29 is 5.11 Å². The Balaban J connectivity index is 2.43. The maximum atomic E-state index is 8.84. The molecule has 1 saturated carbocycles. The Labute approximate surface area is 66.2 Å². The van der Waals surface area contributed by atoms with Gasteiger partial charge in [-0.1, -0.05) is 0 Å². The number of nitrogens with two attached hydrogens (primary N) is 1. The minimum atomic E-state index is -0.842. The van der Waals surface area contributed by atoms with Gasteiger partial charge in [0.15, 0.2) is 0 Å². The monoisotopic (exact) mass is 155 g/mol. The molecule has 0 bridgehead atoms. The summed E-state index contributed by atoms with van der Waals surface area (Å²) in [5, 5.41) is 17.6. The van der Waals surface area contributed by atoms with Crippen LogP contribution in [0.15, 0.2) is 0 Å². The number of aliphatic hydroxyl groups is 1. The van der Waals surface area contributed by atoms with Crippen LogP contribution in [-0.4, -0.2) is 35.4 Å². The van der Waals surface area contributed by atoms with Crippen LogP contribution in [0.2, 0.25) is 0 Å². The van der Waals surface area contributed by atoms with E-state index in [4.69, 9.17) is 16.1 Å². The molecule has 0 amide bonds. The number of rotatable bonds is 3. The van der Waals surface area contributed by atoms with Gasteiger partial charge >= 0.3 is 0 Å². The van der Waals surface area contributed by atoms with Crippen LogP contribution in [-0.2, 0) is 0 Å². The number of likely N-dealkylation sites (N-methyl/N-ethyl adjacent to an activating group) is 1. The lowest BCUT2D eigenvalue weighted by Gasteiger charge is -2.22. The van der Waals surface area contributed by atoms with Gasteiger partial charge in [0, 0.05) is 6.54 Å². The van der Waals surface area contributed by atoms with Crippen molar-refractivity contribution in [1.29, 1.82) is 5.26 Å². The molecule has 3 N–H and O–H groups in total. The maximum absolute atomic E-state index is 8.84. The lowest BCUT2D eigenvalue weighted by Crippen LogP contribution is -2.41. The number of β-amino-alcohol motifs (C(OH)–C–C–N with tert-alkyl or cyclic N) is 1. The molecule has 1 aliphatic carbocycles. The Hall–Kier alpha value is -0.630. The van der Waals surface area contributed by atoms with E-state index in [2.05, 4.69) is 6.07 Å². The molecule has 1 rings (SSSR count). The van der Waals surface area contributed by atoms with Gasteiger partial charge < -0.3 is 10.8 Å². The number of aliphatic hydroxyl groups excluding tert-OH is 1. The summed E-state index contributed by atoms with van der Waals surface area (Å²) >= 11 is 0. The van der Waals surface area contributed by atoms with Crippen LogP contribution in [0.3, 0.4) is 0 Å². The van der Waals surface area contributed by atoms with E-state index in [-0.39, 0.29) is 5.54 Å². The Morgan fingerprint density at radius 1 is 1.82 bits per heavy atom. The second kappa shape index (κ2) is 2.78. The largest absolute Gasteiger partial charge is 0.377 e. The quantitative estimate of drug-likeness (QED) is 0.526. The number of nitriles is 1. The Bertz CT molecular complexity index is 181. The summed E-state index contributed by atoms with van der Waals surface area (Å²) in [7, 11) is 1.81. The molecule has 0 aromatic rings. The van der Waals surface area contributed by atoms with Crippen LogP contribution < -0.4 is 5.73 Å². The molecule has 0 spiro atoms. The molecule has 1 aliphatic rings. The zero-order chi connectivity index (χ0) is 8.48. The van der Waals surface area contributed by atoms with E-state index >= 15 is 0 Å². The highest BCUT2D eigenvalue weighted by molar-refractivity contribution is 5.18. The third-order valence-electron chi connectivity index (χ3n) is 2.12. The molecule has 0 aromatic carbocycles. The SMILES string of the molecule is CN(CC(N)O)C1(C#N)CC1. The topological polar surface area (TPSA) is 73.3 Å². The molecule has 0 heterocycles. The van der Waals surface area contributed by atoms with Crippen molar-refractivity contribution in [2.75, 3.05) is 13.6 Å². The van der Waals surface area contributed by atoms with Gasteiger partial charge in [-0.3, -0.25) is 4.90 Å². The van der Waals surface area contributed by atoms with Crippen LogP contribution in [0.25, 0.3) is 0 Å². The lowest BCUT2D eigenvalue weighted by molar-refractivity contribution is 0.115. The van der Waals surface area contributed by atoms with E-state index in [0.29, 0.717) is 6.54 Å². The molecule has 0 radical (unpaired) electrons. The third kappa shape index (κ3) is 1.69. The third-order valence-corrected chi connectivity index (χ3v) is 2.12. The summed E-state index contributed by atoms with van der Waals surface area (Å²) in [6.45, 7) is 0.369. The Kier molecular flexibility index (Phi) is 2.14. The summed E-state index contributed by atoms with van der Waals surface area (Å²) < 4.78 is 0. The van der Waals surface area contributed by atoms with E-state index in [1.54, 1.807) is 0 Å². The first kappa shape index (κ1) is 8.47. The first-order valence-corrected chi connectivity index (χ1v) is 3.67. The van der Waals surface area contributed by atoms with Crippen LogP contribution in [0.4, 0.5) is 0 Å². The zero-order valence-corrected chi connectivity index (χ0v) is 6.62. The zero-order valence-electron chi connectivity index (χ0n) is 6.62. The van der Waals surface area contributed by atoms with E-state index < -0.39 is 6.23 Å². The minimum Gasteiger partial charge on any atom is -0.377 e. The minimum absolute atomic E-state index is 0.319. The predicted molar refractivity (Wildman–Crippen MR) is 40.4 cm³/mol. The van der Waals surface area contributed by atoms with Gasteiger partial charge in [-0.25, -0.2) is 0 Å². The molecule has 1 unspecified atom stereocenters. The van der Waals surface area contributed by atoms with Crippen molar-refractivity contribution in [3.05, 3.63) is 0 Å². The van der Waals surface area contributed by atoms with Crippen LogP contribution >= 0.6 is 0 Å². The van der Waals surface area contributed by atoms with Crippen molar-refractivity contribution in [2.45, 2.75) is 24.6 Å². The highest BCUT2D eigenvalue weighted by Crippen LogP contribution is 2.39. The fourth-order valence-corrected chi connectivity index (χ4v) is 1.15. The lowest BCUT2D eigenvalue weighted by atomic mass is 10.2. The first-order chi connectivity index (χ1) is 5.10. The molecule has 0 aliphatic heterocycles. The van der Waals surface area contributed by atoms with Gasteiger partial charge in [0.05, 0.1) is 6.07 Å². The highest BCUT2D eigenvalue weighted by atomic mass is 16.3. The van der Waals surface area contributed by atoms with Gasteiger partial charge in [-0.05, 0) is 19.9 Å². The van der Waals surface area contributed by atoms with Crippen molar-refractivity contribution in [1.82, 2.24) is 4.90 Å². The molecule has 4 nitrogen and oxygen atoms in total. The molecule has 1 fully saturated rings. The van der Waals surface area contributed by atoms with Crippen molar-refractivity contribution in [3.63, 3.8) is 0 Å². The molecular formula is C7H13N3O. The fraction of sp³-hybridized carbons (Fsp3) is 0.857. The number of hydrogen-bond donors (Lipinski definition) is 2.